The number of carbonyl (C=O) groups is 1. The van der Waals surface area contributed by atoms with Crippen LogP contribution in [0.4, 0.5) is 0 Å². The number of aliphatic hydroxyl groups is 7. The van der Waals surface area contributed by atoms with Crippen molar-refractivity contribution in [2.24, 2.45) is 46.3 Å². The first-order chi connectivity index (χ1) is 41.9. The van der Waals surface area contributed by atoms with Crippen molar-refractivity contribution in [1.29, 1.82) is 5.26 Å². The number of aromatic nitrogens is 1. The molecule has 470 valence electrons. The number of rotatable bonds is 20. The molecule has 3 aromatic rings. The number of fused-ring (bicyclic) bond motifs is 7. The number of allylic oxidation sites excluding steroid dienone is 3. The van der Waals surface area contributed by atoms with Crippen LogP contribution in [-0.4, -0.2) is 145 Å². The maximum atomic E-state index is 14.1. The SMILES string of the molecule is C=CCc1ccc(O[C@H]2O[C@H]3[C@@H](O)[C@H](O)[C@]24C[C@H]([C@@H](O)CC#CO[C@@H]3CCCO)[C@]2(C=C(CC[C@H]3N[C@@H]([C@H](C)O)C=C[C@@H]3C)O4)CC[C@H]3[C@@](O)(C[C@H]4[C@H](c5ccc(C(=O)O)cc5)CC[C@@H]5CCC[C@@]543)C2)cc1C[C@@H](COC)[C@@H](CO)n1ccc(C#N)c1. The second-order valence-corrected chi connectivity index (χ2v) is 27.1. The third-order valence-corrected chi connectivity index (χ3v) is 22.4. The Hall–Kier alpha value is -5.54. The standard InChI is InChI=1S/C70H91N3O14/c1-5-9-45-18-20-51(33-48(45)32-49(40-83-4)58(39-75)73-29-26-44(37-71)38-73)85-66-70-36-55(59(77)11-8-31-84-60(12-7-30-74)63(86-66)62(78)64(70)79)67(34-52(87-70)21-24-56-42(2)13-23-57(72-56)43(3)76)28-25-61-68(82,41-67)35-54-53(22-19-50-10-6-27-69(50,54)61)46-14-16-47(17-15-46)65(80)81/h5,13-18,20,23,26,29,33-34,38,42-43,49-50,53-64,66,72,74-79,82H,1,6-7,9-12,19,21-22,24-25,27-28,30,32,35-36,39-41H2,2-4H3,(H,80,81)/t42-,43-,49-,50-,53-,54-,55+,56+,57+,58+,59-,60+,61-,62+,63+,64-,66-,67-,68+,69+,70+/m0/s1. The number of hydrogen-bond donors (Lipinski definition) is 9. The van der Waals surface area contributed by atoms with Crippen LogP contribution in [0.5, 0.6) is 5.75 Å². The Balaban J connectivity index is 1.03. The molecule has 1 saturated heterocycles. The van der Waals surface area contributed by atoms with Crippen molar-refractivity contribution in [3.63, 3.8) is 0 Å². The number of nitriles is 1. The molecule has 5 fully saturated rings. The Labute approximate surface area is 512 Å². The fourth-order valence-electron chi connectivity index (χ4n) is 18.3. The van der Waals surface area contributed by atoms with E-state index in [9.17, 15) is 50.9 Å². The lowest BCUT2D eigenvalue weighted by atomic mass is 9.50. The minimum atomic E-state index is -1.93. The normalized spacial score (nSPS) is 37.8. The average molecular weight is 1200 g/mol. The zero-order chi connectivity index (χ0) is 61.4. The molecule has 4 aliphatic carbocycles. The summed E-state index contributed by atoms with van der Waals surface area (Å²) in [6.07, 6.45) is 14.7. The third-order valence-electron chi connectivity index (χ3n) is 22.4. The van der Waals surface area contributed by atoms with Gasteiger partial charge in [0.25, 0.3) is 0 Å². The van der Waals surface area contributed by atoms with Crippen LogP contribution in [0.2, 0.25) is 0 Å². The molecule has 4 saturated carbocycles. The second-order valence-electron chi connectivity index (χ2n) is 27.1. The van der Waals surface area contributed by atoms with Gasteiger partial charge in [-0.1, -0.05) is 55.7 Å². The summed E-state index contributed by atoms with van der Waals surface area (Å²) in [7, 11) is 1.61. The molecule has 3 bridgehead atoms. The van der Waals surface area contributed by atoms with Crippen LogP contribution in [0.15, 0.2) is 97.6 Å². The molecule has 5 aliphatic heterocycles. The average Bonchev–Trinajstić information content (AvgIpc) is 1.56. The van der Waals surface area contributed by atoms with Crippen LogP contribution in [0.3, 0.4) is 0 Å². The molecule has 0 unspecified atom stereocenters. The van der Waals surface area contributed by atoms with Gasteiger partial charge in [-0.15, -0.1) is 6.58 Å². The topological polar surface area (TPSA) is 266 Å². The molecule has 21 atom stereocenters. The Morgan fingerprint density at radius 2 is 1.84 bits per heavy atom. The van der Waals surface area contributed by atoms with E-state index in [2.05, 4.69) is 49.1 Å². The molecule has 0 amide bonds. The second kappa shape index (κ2) is 26.1. The molecule has 0 radical (unpaired) electrons. The highest BCUT2D eigenvalue weighted by Crippen LogP contribution is 2.75. The van der Waals surface area contributed by atoms with Crippen molar-refractivity contribution in [2.75, 3.05) is 26.9 Å². The van der Waals surface area contributed by atoms with E-state index in [1.807, 2.05) is 47.1 Å². The fourth-order valence-corrected chi connectivity index (χ4v) is 18.3. The number of methoxy groups -OCH3 is 1. The van der Waals surface area contributed by atoms with E-state index < -0.39 is 77.5 Å². The summed E-state index contributed by atoms with van der Waals surface area (Å²) >= 11 is 0. The first-order valence-electron chi connectivity index (χ1n) is 32.0. The molecule has 9 aliphatic rings. The van der Waals surface area contributed by atoms with E-state index in [4.69, 9.17) is 23.7 Å². The van der Waals surface area contributed by atoms with Gasteiger partial charge in [0.15, 0.2) is 5.60 Å². The lowest BCUT2D eigenvalue weighted by Crippen LogP contribution is -2.71. The highest BCUT2D eigenvalue weighted by Gasteiger charge is 2.72. The number of nitrogens with one attached hydrogen (secondary N) is 1. The predicted molar refractivity (Wildman–Crippen MR) is 323 cm³/mol. The molecular weight excluding hydrogens is 1110 g/mol. The molecule has 9 N–H and O–H groups in total. The zero-order valence-electron chi connectivity index (χ0n) is 50.7. The maximum Gasteiger partial charge on any atom is 0.335 e. The first kappa shape index (κ1) is 63.0. The number of benzene rings is 2. The van der Waals surface area contributed by atoms with Crippen molar-refractivity contribution in [3.05, 3.63) is 125 Å². The van der Waals surface area contributed by atoms with Gasteiger partial charge in [-0.2, -0.15) is 5.26 Å². The van der Waals surface area contributed by atoms with Crippen LogP contribution in [-0.2, 0) is 31.8 Å². The monoisotopic (exact) mass is 1200 g/mol. The molecule has 17 heteroatoms. The highest BCUT2D eigenvalue weighted by atomic mass is 16.7. The van der Waals surface area contributed by atoms with Gasteiger partial charge in [-0.25, -0.2) is 4.79 Å². The molecule has 12 rings (SSSR count). The van der Waals surface area contributed by atoms with Gasteiger partial charge < -0.3 is 74.4 Å². The molecule has 3 spiro atoms. The number of hydrogen-bond acceptors (Lipinski definition) is 15. The summed E-state index contributed by atoms with van der Waals surface area (Å²) in [5, 5.41) is 108. The van der Waals surface area contributed by atoms with Gasteiger partial charge >= 0.3 is 5.97 Å². The summed E-state index contributed by atoms with van der Waals surface area (Å²) in [5.41, 5.74) is -0.661. The van der Waals surface area contributed by atoms with Crippen LogP contribution in [0.1, 0.15) is 155 Å². The highest BCUT2D eigenvalue weighted by molar-refractivity contribution is 5.87. The molecule has 6 heterocycles. The van der Waals surface area contributed by atoms with Crippen LogP contribution in [0, 0.1) is 69.7 Å². The molecular formula is C70H91N3O14. The number of carboxylic acids is 1. The van der Waals surface area contributed by atoms with E-state index in [-0.39, 0.29) is 105 Å². The molecule has 87 heavy (non-hydrogen) atoms. The first-order valence-corrected chi connectivity index (χ1v) is 32.0. The van der Waals surface area contributed by atoms with Crippen molar-refractivity contribution in [1.82, 2.24) is 9.88 Å². The van der Waals surface area contributed by atoms with E-state index in [1.54, 1.807) is 44.6 Å². The minimum Gasteiger partial charge on any atom is -0.482 e. The number of carboxylic acid groups (broad SMARTS) is 1. The van der Waals surface area contributed by atoms with E-state index in [0.717, 1.165) is 48.8 Å². The number of nitrogens with zero attached hydrogens (tertiary/aromatic N) is 2. The summed E-state index contributed by atoms with van der Waals surface area (Å²) in [6.45, 7) is 7.79. The fraction of sp³-hybridized carbons (Fsp3) is 0.629. The van der Waals surface area contributed by atoms with Gasteiger partial charge in [-0.3, -0.25) is 0 Å². The van der Waals surface area contributed by atoms with Crippen molar-refractivity contribution < 1.29 is 69.3 Å². The zero-order valence-corrected chi connectivity index (χ0v) is 50.7. The largest absolute Gasteiger partial charge is 0.482 e. The Kier molecular flexibility index (Phi) is 18.9. The summed E-state index contributed by atoms with van der Waals surface area (Å²) < 4.78 is 35.8. The smallest absolute Gasteiger partial charge is 0.335 e. The van der Waals surface area contributed by atoms with Gasteiger partial charge in [0.2, 0.25) is 6.29 Å². The molecule has 1 aromatic heterocycles. The van der Waals surface area contributed by atoms with Crippen LogP contribution >= 0.6 is 0 Å². The van der Waals surface area contributed by atoms with Gasteiger partial charge in [-0.05, 0) is 190 Å². The number of ether oxygens (including phenoxy) is 5. The van der Waals surface area contributed by atoms with Crippen LogP contribution < -0.4 is 10.1 Å². The summed E-state index contributed by atoms with van der Waals surface area (Å²) in [4.78, 5) is 12.0. The van der Waals surface area contributed by atoms with Crippen LogP contribution in [0.25, 0.3) is 0 Å². The van der Waals surface area contributed by atoms with Crippen molar-refractivity contribution >= 4 is 5.97 Å². The van der Waals surface area contributed by atoms with E-state index in [0.29, 0.717) is 67.9 Å². The lowest BCUT2D eigenvalue weighted by molar-refractivity contribution is -0.337. The van der Waals surface area contributed by atoms with E-state index in [1.165, 1.54) is 0 Å². The number of aliphatic hydroxyl groups excluding tert-OH is 6. The van der Waals surface area contributed by atoms with Gasteiger partial charge in [0, 0.05) is 57.3 Å². The Morgan fingerprint density at radius 1 is 1.02 bits per heavy atom. The number of aromatic carboxylic acids is 1. The summed E-state index contributed by atoms with van der Waals surface area (Å²) in [5.74, 6) is 2.59. The van der Waals surface area contributed by atoms with E-state index >= 15 is 0 Å². The minimum absolute atomic E-state index is 0.0258. The molecule has 17 nitrogen and oxygen atoms in total. The predicted octanol–water partition coefficient (Wildman–Crippen LogP) is 7.79. The quantitative estimate of drug-likeness (QED) is 0.0386. The van der Waals surface area contributed by atoms with Gasteiger partial charge in [0.1, 0.15) is 42.3 Å². The third kappa shape index (κ3) is 12.0. The Bertz CT molecular complexity index is 3090. The van der Waals surface area contributed by atoms with Crippen molar-refractivity contribution in [2.45, 2.75) is 201 Å². The maximum absolute atomic E-state index is 14.1. The lowest BCUT2D eigenvalue weighted by Gasteiger charge is -2.56. The van der Waals surface area contributed by atoms with Crippen molar-refractivity contribution in [3.8, 4) is 23.8 Å². The summed E-state index contributed by atoms with van der Waals surface area (Å²) in [6, 6.07) is 16.0. The van der Waals surface area contributed by atoms with Gasteiger partial charge in [0.05, 0.1) is 60.0 Å². The Morgan fingerprint density at radius 3 is 2.56 bits per heavy atom. The molecule has 2 aromatic carbocycles.